The minimum absolute atomic E-state index is 0.0862. The van der Waals surface area contributed by atoms with Crippen molar-refractivity contribution in [1.82, 2.24) is 9.78 Å². The molecule has 4 heteroatoms. The van der Waals surface area contributed by atoms with Gasteiger partial charge in [0.15, 0.2) is 0 Å². The molecule has 1 N–H and O–H groups in total. The third-order valence-electron chi connectivity index (χ3n) is 2.76. The molecule has 2 heterocycles. The van der Waals surface area contributed by atoms with Crippen LogP contribution in [0, 0.1) is 5.92 Å². The van der Waals surface area contributed by atoms with Gasteiger partial charge < -0.3 is 0 Å². The highest BCUT2D eigenvalue weighted by atomic mass is 32.1. The van der Waals surface area contributed by atoms with Crippen LogP contribution in [0.4, 0.5) is 0 Å². The van der Waals surface area contributed by atoms with E-state index in [1.807, 2.05) is 16.8 Å². The number of thiophene rings is 1. The maximum absolute atomic E-state index is 11.6. The molecule has 3 rings (SSSR count). The van der Waals surface area contributed by atoms with Gasteiger partial charge in [-0.3, -0.25) is 14.6 Å². The first-order chi connectivity index (χ1) is 7.33. The second kappa shape index (κ2) is 3.38. The molecule has 2 aromatic heterocycles. The lowest BCUT2D eigenvalue weighted by molar-refractivity contribution is 0.549. The summed E-state index contributed by atoms with van der Waals surface area (Å²) >= 11 is 1.64. The number of hydrogen-bond donors (Lipinski definition) is 1. The second-order valence-corrected chi connectivity index (χ2v) is 4.85. The van der Waals surface area contributed by atoms with Crippen LogP contribution in [0.25, 0.3) is 11.3 Å². The monoisotopic (exact) mass is 220 g/mol. The van der Waals surface area contributed by atoms with Gasteiger partial charge in [0, 0.05) is 23.6 Å². The molecule has 0 bridgehead atoms. The highest BCUT2D eigenvalue weighted by Crippen LogP contribution is 2.30. The summed E-state index contributed by atoms with van der Waals surface area (Å²) in [6, 6.07) is 3.71. The molecule has 0 unspecified atom stereocenters. The highest BCUT2D eigenvalue weighted by Gasteiger charge is 2.22. The topological polar surface area (TPSA) is 37.8 Å². The zero-order valence-electron chi connectivity index (χ0n) is 8.27. The first-order valence-electron chi connectivity index (χ1n) is 5.15. The second-order valence-electron chi connectivity index (χ2n) is 4.07. The maximum atomic E-state index is 11.6. The van der Waals surface area contributed by atoms with Gasteiger partial charge in [-0.1, -0.05) is 0 Å². The third-order valence-corrected chi connectivity index (χ3v) is 3.44. The molecule has 2 aromatic rings. The van der Waals surface area contributed by atoms with Crippen LogP contribution >= 0.6 is 11.3 Å². The Bertz CT molecular complexity index is 505. The minimum atomic E-state index is 0.0862. The van der Waals surface area contributed by atoms with Crippen molar-refractivity contribution in [2.45, 2.75) is 19.4 Å². The molecule has 1 fully saturated rings. The summed E-state index contributed by atoms with van der Waals surface area (Å²) in [6.45, 7) is 0.850. The fraction of sp³-hybridized carbons (Fsp3) is 0.364. The molecule has 1 aliphatic rings. The Morgan fingerprint density at radius 3 is 3.07 bits per heavy atom. The normalized spacial score (nSPS) is 15.7. The molecule has 1 saturated carbocycles. The largest absolute Gasteiger partial charge is 0.295 e. The van der Waals surface area contributed by atoms with Crippen molar-refractivity contribution in [2.24, 2.45) is 5.92 Å². The number of aromatic amines is 1. The van der Waals surface area contributed by atoms with Crippen LogP contribution in [0.2, 0.25) is 0 Å². The number of H-pyrrole nitrogens is 1. The zero-order valence-corrected chi connectivity index (χ0v) is 9.09. The van der Waals surface area contributed by atoms with Gasteiger partial charge in [-0.05, 0) is 30.2 Å². The van der Waals surface area contributed by atoms with Gasteiger partial charge in [-0.2, -0.15) is 11.3 Å². The first kappa shape index (κ1) is 8.97. The average molecular weight is 220 g/mol. The SMILES string of the molecule is O=c1cc(-c2ccsc2)[nH]n1CC1CC1. The Balaban J connectivity index is 1.93. The number of nitrogens with one attached hydrogen (secondary N) is 1. The molecule has 0 saturated heterocycles. The van der Waals surface area contributed by atoms with E-state index in [0.29, 0.717) is 0 Å². The van der Waals surface area contributed by atoms with Crippen molar-refractivity contribution < 1.29 is 0 Å². The molecule has 0 aromatic carbocycles. The first-order valence-corrected chi connectivity index (χ1v) is 6.09. The predicted octanol–water partition coefficient (Wildman–Crippen LogP) is 2.31. The summed E-state index contributed by atoms with van der Waals surface area (Å²) in [6.07, 6.45) is 2.53. The molecule has 15 heavy (non-hydrogen) atoms. The summed E-state index contributed by atoms with van der Waals surface area (Å²) in [4.78, 5) is 11.6. The Morgan fingerprint density at radius 1 is 1.53 bits per heavy atom. The molecule has 78 valence electrons. The smallest absolute Gasteiger partial charge is 0.267 e. The van der Waals surface area contributed by atoms with E-state index < -0.39 is 0 Å². The van der Waals surface area contributed by atoms with E-state index in [-0.39, 0.29) is 5.56 Å². The third kappa shape index (κ3) is 1.77. The molecule has 1 aliphatic carbocycles. The molecule has 0 atom stereocenters. The van der Waals surface area contributed by atoms with Crippen molar-refractivity contribution in [3.05, 3.63) is 33.2 Å². The maximum Gasteiger partial charge on any atom is 0.267 e. The molecule has 0 radical (unpaired) electrons. The predicted molar refractivity (Wildman–Crippen MR) is 61.1 cm³/mol. The van der Waals surface area contributed by atoms with Gasteiger partial charge in [0.2, 0.25) is 0 Å². The van der Waals surface area contributed by atoms with E-state index in [1.165, 1.54) is 12.8 Å². The van der Waals surface area contributed by atoms with Crippen molar-refractivity contribution in [1.29, 1.82) is 0 Å². The molecule has 0 aliphatic heterocycles. The standard InChI is InChI=1S/C11H12N2OS/c14-11-5-10(9-3-4-15-7-9)12-13(11)6-8-1-2-8/h3-5,7-8,12H,1-2,6H2. The summed E-state index contributed by atoms with van der Waals surface area (Å²) in [5.74, 6) is 0.719. The van der Waals surface area contributed by atoms with E-state index >= 15 is 0 Å². The summed E-state index contributed by atoms with van der Waals surface area (Å²) in [5.41, 5.74) is 2.12. The lowest BCUT2D eigenvalue weighted by Gasteiger charge is -1.98. The number of hydrogen-bond acceptors (Lipinski definition) is 2. The minimum Gasteiger partial charge on any atom is -0.295 e. The van der Waals surface area contributed by atoms with Crippen LogP contribution in [0.3, 0.4) is 0 Å². The number of rotatable bonds is 3. The van der Waals surface area contributed by atoms with E-state index in [1.54, 1.807) is 22.1 Å². The van der Waals surface area contributed by atoms with Crippen molar-refractivity contribution in [2.75, 3.05) is 0 Å². The van der Waals surface area contributed by atoms with Crippen molar-refractivity contribution >= 4 is 11.3 Å². The van der Waals surface area contributed by atoms with E-state index in [9.17, 15) is 4.79 Å². The Hall–Kier alpha value is -1.29. The summed E-state index contributed by atoms with van der Waals surface area (Å²) < 4.78 is 1.73. The van der Waals surface area contributed by atoms with Crippen LogP contribution in [-0.4, -0.2) is 9.78 Å². The fourth-order valence-corrected chi connectivity index (χ4v) is 2.35. The summed E-state index contributed by atoms with van der Waals surface area (Å²) in [5, 5.41) is 7.23. The average Bonchev–Trinajstić information content (AvgIpc) is 2.76. The van der Waals surface area contributed by atoms with Crippen molar-refractivity contribution in [3.8, 4) is 11.3 Å². The molecular formula is C11H12N2OS. The Morgan fingerprint density at radius 2 is 2.40 bits per heavy atom. The van der Waals surface area contributed by atoms with Crippen LogP contribution in [0.5, 0.6) is 0 Å². The van der Waals surface area contributed by atoms with Crippen LogP contribution in [-0.2, 0) is 6.54 Å². The molecule has 3 nitrogen and oxygen atoms in total. The van der Waals surface area contributed by atoms with Crippen LogP contribution < -0.4 is 5.56 Å². The zero-order chi connectivity index (χ0) is 10.3. The highest BCUT2D eigenvalue weighted by molar-refractivity contribution is 7.08. The number of nitrogens with zero attached hydrogens (tertiary/aromatic N) is 1. The van der Waals surface area contributed by atoms with Gasteiger partial charge in [0.1, 0.15) is 0 Å². The molecule has 0 spiro atoms. The van der Waals surface area contributed by atoms with Gasteiger partial charge in [-0.15, -0.1) is 0 Å². The van der Waals surface area contributed by atoms with E-state index in [0.717, 1.165) is 23.7 Å². The van der Waals surface area contributed by atoms with Gasteiger partial charge >= 0.3 is 0 Å². The van der Waals surface area contributed by atoms with Crippen molar-refractivity contribution in [3.63, 3.8) is 0 Å². The quantitative estimate of drug-likeness (QED) is 0.847. The lowest BCUT2D eigenvalue weighted by Crippen LogP contribution is -2.16. The fourth-order valence-electron chi connectivity index (χ4n) is 1.69. The molecular weight excluding hydrogens is 208 g/mol. The van der Waals surface area contributed by atoms with Gasteiger partial charge in [0.05, 0.1) is 5.69 Å². The van der Waals surface area contributed by atoms with Gasteiger partial charge in [0.25, 0.3) is 5.56 Å². The Kier molecular flexibility index (Phi) is 2.02. The number of aromatic nitrogens is 2. The van der Waals surface area contributed by atoms with Crippen LogP contribution in [0.15, 0.2) is 27.7 Å². The van der Waals surface area contributed by atoms with Gasteiger partial charge in [-0.25, -0.2) is 0 Å². The molecule has 0 amide bonds. The van der Waals surface area contributed by atoms with E-state index in [2.05, 4.69) is 5.10 Å². The summed E-state index contributed by atoms with van der Waals surface area (Å²) in [7, 11) is 0. The lowest BCUT2D eigenvalue weighted by atomic mass is 10.2. The van der Waals surface area contributed by atoms with E-state index in [4.69, 9.17) is 0 Å². The Labute approximate surface area is 91.4 Å². The van der Waals surface area contributed by atoms with Crippen LogP contribution in [0.1, 0.15) is 12.8 Å².